The van der Waals surface area contributed by atoms with Crippen molar-refractivity contribution in [1.29, 1.82) is 0 Å². The van der Waals surface area contributed by atoms with Gasteiger partial charge in [0.15, 0.2) is 0 Å². The van der Waals surface area contributed by atoms with Gasteiger partial charge in [-0.05, 0) is 6.92 Å². The second-order valence-corrected chi connectivity index (χ2v) is 2.42. The van der Waals surface area contributed by atoms with Crippen LogP contribution in [0.5, 0.6) is 0 Å². The van der Waals surface area contributed by atoms with Gasteiger partial charge in [-0.1, -0.05) is 0 Å². The molecule has 0 aromatic rings. The summed E-state index contributed by atoms with van der Waals surface area (Å²) in [5.41, 5.74) is 4.65. The highest BCUT2D eigenvalue weighted by Gasteiger charge is 2.39. The molecule has 0 unspecified atom stereocenters. The zero-order valence-electron chi connectivity index (χ0n) is 4.81. The molecule has 1 aliphatic rings. The van der Waals surface area contributed by atoms with Gasteiger partial charge in [0, 0.05) is 0 Å². The first-order valence-electron chi connectivity index (χ1n) is 2.53. The summed E-state index contributed by atoms with van der Waals surface area (Å²) >= 11 is 0. The highest BCUT2D eigenvalue weighted by molar-refractivity contribution is 5.81. The molecule has 0 saturated carbocycles. The molecule has 1 rings (SSSR count). The van der Waals surface area contributed by atoms with Crippen LogP contribution in [0.4, 0.5) is 0 Å². The summed E-state index contributed by atoms with van der Waals surface area (Å²) in [7, 11) is 0. The number of carbonyl (C=O) groups is 1. The van der Waals surface area contributed by atoms with Crippen molar-refractivity contribution in [2.75, 3.05) is 13.2 Å². The first-order chi connectivity index (χ1) is 3.65. The van der Waals surface area contributed by atoms with E-state index in [0.29, 0.717) is 13.2 Å². The topological polar surface area (TPSA) is 52.3 Å². The molecule has 3 nitrogen and oxygen atoms in total. The molecule has 0 radical (unpaired) electrons. The summed E-state index contributed by atoms with van der Waals surface area (Å²) in [6.07, 6.45) is 0. The maximum Gasteiger partial charge on any atom is 0.228 e. The van der Waals surface area contributed by atoms with Gasteiger partial charge >= 0.3 is 0 Å². The Hall–Kier alpha value is -0.570. The number of primary amides is 1. The average Bonchev–Trinajstić information content (AvgIpc) is 1.60. The Labute approximate surface area is 47.8 Å². The van der Waals surface area contributed by atoms with Crippen molar-refractivity contribution in [2.24, 2.45) is 11.1 Å². The first kappa shape index (κ1) is 5.56. The van der Waals surface area contributed by atoms with E-state index in [1.165, 1.54) is 0 Å². The van der Waals surface area contributed by atoms with Crippen LogP contribution >= 0.6 is 0 Å². The predicted molar refractivity (Wildman–Crippen MR) is 28.1 cm³/mol. The number of carbonyl (C=O) groups excluding carboxylic acids is 1. The lowest BCUT2D eigenvalue weighted by molar-refractivity contribution is -0.154. The van der Waals surface area contributed by atoms with Crippen LogP contribution in [-0.2, 0) is 9.53 Å². The minimum absolute atomic E-state index is 0.260. The van der Waals surface area contributed by atoms with E-state index < -0.39 is 0 Å². The molecule has 0 aromatic carbocycles. The van der Waals surface area contributed by atoms with Crippen molar-refractivity contribution < 1.29 is 9.53 Å². The third-order valence-electron chi connectivity index (χ3n) is 1.44. The van der Waals surface area contributed by atoms with E-state index in [2.05, 4.69) is 0 Å². The van der Waals surface area contributed by atoms with Gasteiger partial charge in [0.25, 0.3) is 0 Å². The molecule has 0 bridgehead atoms. The van der Waals surface area contributed by atoms with Gasteiger partial charge in [0.05, 0.1) is 18.6 Å². The molecule has 1 heterocycles. The van der Waals surface area contributed by atoms with Gasteiger partial charge in [-0.25, -0.2) is 0 Å². The second-order valence-electron chi connectivity index (χ2n) is 2.42. The van der Waals surface area contributed by atoms with Crippen molar-refractivity contribution in [2.45, 2.75) is 6.92 Å². The largest absolute Gasteiger partial charge is 0.379 e. The van der Waals surface area contributed by atoms with Gasteiger partial charge in [0.1, 0.15) is 0 Å². The fourth-order valence-corrected chi connectivity index (χ4v) is 0.551. The molecule has 0 aromatic heterocycles. The first-order valence-corrected chi connectivity index (χ1v) is 2.53. The molecule has 2 N–H and O–H groups in total. The molecule has 0 atom stereocenters. The average molecular weight is 115 g/mol. The molecule has 46 valence electrons. The number of rotatable bonds is 1. The lowest BCUT2D eigenvalue weighted by atomic mass is 9.88. The highest BCUT2D eigenvalue weighted by atomic mass is 16.5. The number of nitrogens with two attached hydrogens (primary N) is 1. The molecule has 3 heteroatoms. The van der Waals surface area contributed by atoms with Crippen LogP contribution in [0.3, 0.4) is 0 Å². The SMILES string of the molecule is CC1(C(N)=O)COC1. The van der Waals surface area contributed by atoms with Crippen LogP contribution in [-0.4, -0.2) is 19.1 Å². The summed E-state index contributed by atoms with van der Waals surface area (Å²) in [6, 6.07) is 0. The van der Waals surface area contributed by atoms with Crippen LogP contribution in [0, 0.1) is 5.41 Å². The van der Waals surface area contributed by atoms with E-state index in [4.69, 9.17) is 10.5 Å². The number of ether oxygens (including phenoxy) is 1. The Morgan fingerprint density at radius 2 is 2.25 bits per heavy atom. The van der Waals surface area contributed by atoms with Gasteiger partial charge in [-0.2, -0.15) is 0 Å². The van der Waals surface area contributed by atoms with Crippen LogP contribution in [0.15, 0.2) is 0 Å². The number of hydrogen-bond donors (Lipinski definition) is 1. The Kier molecular flexibility index (Phi) is 1.01. The van der Waals surface area contributed by atoms with Crippen molar-refractivity contribution in [1.82, 2.24) is 0 Å². The lowest BCUT2D eigenvalue weighted by Crippen LogP contribution is -2.49. The number of hydrogen-bond acceptors (Lipinski definition) is 2. The van der Waals surface area contributed by atoms with E-state index in [1.807, 2.05) is 0 Å². The van der Waals surface area contributed by atoms with E-state index >= 15 is 0 Å². The molecule has 8 heavy (non-hydrogen) atoms. The third kappa shape index (κ3) is 0.591. The summed E-state index contributed by atoms with van der Waals surface area (Å²) in [6.45, 7) is 2.78. The summed E-state index contributed by atoms with van der Waals surface area (Å²) in [5, 5.41) is 0. The van der Waals surface area contributed by atoms with Crippen molar-refractivity contribution in [3.63, 3.8) is 0 Å². The normalized spacial score (nSPS) is 24.1. The van der Waals surface area contributed by atoms with E-state index in [-0.39, 0.29) is 11.3 Å². The molecule has 1 aliphatic heterocycles. The standard InChI is InChI=1S/C5H9NO2/c1-5(4(6)7)2-8-3-5/h2-3H2,1H3,(H2,6,7). The van der Waals surface area contributed by atoms with Gasteiger partial charge < -0.3 is 10.5 Å². The smallest absolute Gasteiger partial charge is 0.228 e. The maximum absolute atomic E-state index is 10.4. The minimum atomic E-state index is -0.361. The summed E-state index contributed by atoms with van der Waals surface area (Å²) in [5.74, 6) is -0.260. The quantitative estimate of drug-likeness (QED) is 0.501. The van der Waals surface area contributed by atoms with Crippen molar-refractivity contribution in [3.8, 4) is 0 Å². The lowest BCUT2D eigenvalue weighted by Gasteiger charge is -2.34. The molecule has 1 saturated heterocycles. The zero-order chi connectivity index (χ0) is 6.20. The minimum Gasteiger partial charge on any atom is -0.379 e. The zero-order valence-corrected chi connectivity index (χ0v) is 4.81. The van der Waals surface area contributed by atoms with E-state index in [0.717, 1.165) is 0 Å². The fraction of sp³-hybridized carbons (Fsp3) is 0.800. The molecular weight excluding hydrogens is 106 g/mol. The van der Waals surface area contributed by atoms with Crippen molar-refractivity contribution in [3.05, 3.63) is 0 Å². The molecule has 1 fully saturated rings. The second kappa shape index (κ2) is 1.45. The monoisotopic (exact) mass is 115 g/mol. The van der Waals surface area contributed by atoms with E-state index in [1.54, 1.807) is 6.92 Å². The summed E-state index contributed by atoms with van der Waals surface area (Å²) in [4.78, 5) is 10.4. The van der Waals surface area contributed by atoms with Crippen LogP contribution in [0.1, 0.15) is 6.92 Å². The summed E-state index contributed by atoms with van der Waals surface area (Å²) < 4.78 is 4.80. The Morgan fingerprint density at radius 1 is 1.75 bits per heavy atom. The molecular formula is C5H9NO2. The van der Waals surface area contributed by atoms with Gasteiger partial charge in [0.2, 0.25) is 5.91 Å². The van der Waals surface area contributed by atoms with Crippen LogP contribution < -0.4 is 5.73 Å². The van der Waals surface area contributed by atoms with Gasteiger partial charge in [-0.15, -0.1) is 0 Å². The fourth-order valence-electron chi connectivity index (χ4n) is 0.551. The van der Waals surface area contributed by atoms with Gasteiger partial charge in [-0.3, -0.25) is 4.79 Å². The Morgan fingerprint density at radius 3 is 2.25 bits per heavy atom. The van der Waals surface area contributed by atoms with Crippen LogP contribution in [0.25, 0.3) is 0 Å². The maximum atomic E-state index is 10.4. The molecule has 0 aliphatic carbocycles. The molecule has 1 amide bonds. The Bertz CT molecular complexity index is 118. The van der Waals surface area contributed by atoms with Crippen molar-refractivity contribution >= 4 is 5.91 Å². The number of amides is 1. The Balaban J connectivity index is 2.53. The highest BCUT2D eigenvalue weighted by Crippen LogP contribution is 2.24. The predicted octanol–water partition coefficient (Wildman–Crippen LogP) is -0.492. The third-order valence-corrected chi connectivity index (χ3v) is 1.44. The molecule has 0 spiro atoms. The van der Waals surface area contributed by atoms with Crippen LogP contribution in [0.2, 0.25) is 0 Å². The van der Waals surface area contributed by atoms with E-state index in [9.17, 15) is 4.79 Å².